The molecule has 2 aromatic carbocycles. The maximum absolute atomic E-state index is 12.5. The lowest BCUT2D eigenvalue weighted by atomic mass is 9.94. The number of hydrogen-bond donors (Lipinski definition) is 2. The minimum atomic E-state index is -3.39. The van der Waals surface area contributed by atoms with Crippen LogP contribution in [0.25, 0.3) is 10.9 Å². The molecule has 0 radical (unpaired) electrons. The summed E-state index contributed by atoms with van der Waals surface area (Å²) in [6, 6.07) is 12.6. The molecule has 1 saturated heterocycles. The summed E-state index contributed by atoms with van der Waals surface area (Å²) in [5.41, 5.74) is 8.76. The van der Waals surface area contributed by atoms with Gasteiger partial charge in [-0.1, -0.05) is 0 Å². The van der Waals surface area contributed by atoms with Crippen molar-refractivity contribution in [2.45, 2.75) is 19.3 Å². The number of pyridine rings is 1. The van der Waals surface area contributed by atoms with E-state index in [0.717, 1.165) is 42.5 Å². The minimum Gasteiger partial charge on any atom is -0.493 e. The third kappa shape index (κ3) is 5.42. The Labute approximate surface area is 194 Å². The fraction of sp³-hybridized carbons (Fsp3) is 0.375. The first-order valence-electron chi connectivity index (χ1n) is 11.0. The number of aromatic nitrogens is 1. The van der Waals surface area contributed by atoms with Crippen LogP contribution in [0.5, 0.6) is 11.5 Å². The monoisotopic (exact) mass is 470 g/mol. The highest BCUT2D eigenvalue weighted by molar-refractivity contribution is 7.92. The number of nitrogens with two attached hydrogens (primary N) is 1. The highest BCUT2D eigenvalue weighted by Crippen LogP contribution is 2.37. The van der Waals surface area contributed by atoms with Gasteiger partial charge in [0, 0.05) is 47.8 Å². The smallest absolute Gasteiger partial charge is 0.232 e. The van der Waals surface area contributed by atoms with Crippen LogP contribution in [0.1, 0.15) is 19.3 Å². The van der Waals surface area contributed by atoms with Crippen LogP contribution in [0, 0.1) is 5.92 Å². The average Bonchev–Trinajstić information content (AvgIpc) is 2.83. The fourth-order valence-corrected chi connectivity index (χ4v) is 5.54. The number of nitrogens with zero attached hydrogens (tertiary/aromatic N) is 2. The molecule has 4 rings (SSSR count). The first kappa shape index (κ1) is 23.0. The lowest BCUT2D eigenvalue weighted by molar-refractivity contribution is 0.355. The summed E-state index contributed by atoms with van der Waals surface area (Å²) < 4.78 is 38.5. The van der Waals surface area contributed by atoms with Crippen LogP contribution in [-0.4, -0.2) is 46.5 Å². The zero-order valence-corrected chi connectivity index (χ0v) is 19.8. The van der Waals surface area contributed by atoms with E-state index in [-0.39, 0.29) is 5.75 Å². The summed E-state index contributed by atoms with van der Waals surface area (Å²) in [6.07, 6.45) is 4.33. The SMILES string of the molecule is COc1cc2nccc(N3CCC(CCS(=O)(=O)Nc4ccc(N)cc4)CC3)c2cc1OC. The quantitative estimate of drug-likeness (QED) is 0.481. The van der Waals surface area contributed by atoms with Crippen molar-refractivity contribution in [2.75, 3.05) is 48.4 Å². The Morgan fingerprint density at radius 1 is 1.06 bits per heavy atom. The first-order chi connectivity index (χ1) is 15.9. The Hall–Kier alpha value is -3.20. The van der Waals surface area contributed by atoms with Crippen molar-refractivity contribution < 1.29 is 17.9 Å². The Morgan fingerprint density at radius 2 is 1.73 bits per heavy atom. The fourth-order valence-electron chi connectivity index (χ4n) is 4.30. The van der Waals surface area contributed by atoms with Gasteiger partial charge >= 0.3 is 0 Å². The van der Waals surface area contributed by atoms with Gasteiger partial charge in [-0.15, -0.1) is 0 Å². The first-order valence-corrected chi connectivity index (χ1v) is 12.7. The number of hydrogen-bond acceptors (Lipinski definition) is 7. The van der Waals surface area contributed by atoms with Gasteiger partial charge in [-0.05, 0) is 61.6 Å². The van der Waals surface area contributed by atoms with E-state index in [4.69, 9.17) is 15.2 Å². The molecule has 0 saturated carbocycles. The third-order valence-corrected chi connectivity index (χ3v) is 7.48. The molecular formula is C24H30N4O4S. The van der Waals surface area contributed by atoms with Crippen molar-refractivity contribution in [2.24, 2.45) is 5.92 Å². The van der Waals surface area contributed by atoms with Crippen molar-refractivity contribution in [3.05, 3.63) is 48.7 Å². The molecule has 0 unspecified atom stereocenters. The topological polar surface area (TPSA) is 107 Å². The number of benzene rings is 2. The van der Waals surface area contributed by atoms with E-state index in [2.05, 4.69) is 14.6 Å². The zero-order chi connectivity index (χ0) is 23.4. The molecule has 3 aromatic rings. The van der Waals surface area contributed by atoms with Gasteiger partial charge in [0.1, 0.15) is 0 Å². The second-order valence-corrected chi connectivity index (χ2v) is 10.2. The van der Waals surface area contributed by atoms with Crippen molar-refractivity contribution in [1.29, 1.82) is 0 Å². The lowest BCUT2D eigenvalue weighted by Crippen LogP contribution is -2.34. The normalized spacial score (nSPS) is 14.9. The number of nitrogens with one attached hydrogen (secondary N) is 1. The molecule has 33 heavy (non-hydrogen) atoms. The van der Waals surface area contributed by atoms with Gasteiger partial charge in [0.2, 0.25) is 10.0 Å². The van der Waals surface area contributed by atoms with E-state index in [1.165, 1.54) is 0 Å². The number of methoxy groups -OCH3 is 2. The Balaban J connectivity index is 1.38. The van der Waals surface area contributed by atoms with Gasteiger partial charge < -0.3 is 20.1 Å². The van der Waals surface area contributed by atoms with Crippen LogP contribution in [0.15, 0.2) is 48.7 Å². The Morgan fingerprint density at radius 3 is 2.39 bits per heavy atom. The molecule has 9 heteroatoms. The number of piperidine rings is 1. The van der Waals surface area contributed by atoms with Gasteiger partial charge in [-0.3, -0.25) is 9.71 Å². The molecule has 1 aliphatic heterocycles. The highest BCUT2D eigenvalue weighted by Gasteiger charge is 2.23. The predicted molar refractivity (Wildman–Crippen MR) is 133 cm³/mol. The molecule has 3 N–H and O–H groups in total. The molecule has 1 fully saturated rings. The summed E-state index contributed by atoms with van der Waals surface area (Å²) in [5.74, 6) is 1.80. The van der Waals surface area contributed by atoms with Gasteiger partial charge in [-0.25, -0.2) is 8.42 Å². The number of rotatable bonds is 8. The van der Waals surface area contributed by atoms with Gasteiger partial charge in [0.05, 0.1) is 25.5 Å². The van der Waals surface area contributed by atoms with Crippen LogP contribution < -0.4 is 24.8 Å². The predicted octanol–water partition coefficient (Wildman–Crippen LogP) is 3.88. The van der Waals surface area contributed by atoms with Crippen LogP contribution in [0.4, 0.5) is 17.1 Å². The van der Waals surface area contributed by atoms with E-state index >= 15 is 0 Å². The molecule has 0 bridgehead atoms. The number of fused-ring (bicyclic) bond motifs is 1. The molecule has 1 aromatic heterocycles. The molecule has 1 aliphatic rings. The Bertz CT molecular complexity index is 1210. The second-order valence-electron chi connectivity index (χ2n) is 8.32. The van der Waals surface area contributed by atoms with Crippen LogP contribution in [-0.2, 0) is 10.0 Å². The summed E-state index contributed by atoms with van der Waals surface area (Å²) in [6.45, 7) is 1.73. The summed E-state index contributed by atoms with van der Waals surface area (Å²) in [5, 5.41) is 1.02. The van der Waals surface area contributed by atoms with Gasteiger partial charge in [0.25, 0.3) is 0 Å². The van der Waals surface area contributed by atoms with Gasteiger partial charge in [0.15, 0.2) is 11.5 Å². The Kier molecular flexibility index (Phi) is 6.78. The van der Waals surface area contributed by atoms with Crippen molar-refractivity contribution in [3.8, 4) is 11.5 Å². The standard InChI is InChI=1S/C24H30N4O4S/c1-31-23-15-20-21(16-24(23)32-2)26-11-7-22(20)28-12-8-17(9-13-28)10-14-33(29,30)27-19-5-3-18(25)4-6-19/h3-7,11,15-17,27H,8-10,12-14,25H2,1-2H3. The zero-order valence-electron chi connectivity index (χ0n) is 19.0. The molecular weight excluding hydrogens is 440 g/mol. The summed E-state index contributed by atoms with van der Waals surface area (Å²) in [7, 11) is -0.153. The van der Waals surface area contributed by atoms with E-state index in [0.29, 0.717) is 35.2 Å². The van der Waals surface area contributed by atoms with E-state index in [1.807, 2.05) is 24.4 Å². The molecule has 0 atom stereocenters. The molecule has 2 heterocycles. The van der Waals surface area contributed by atoms with E-state index in [1.54, 1.807) is 38.5 Å². The highest BCUT2D eigenvalue weighted by atomic mass is 32.2. The van der Waals surface area contributed by atoms with Crippen molar-refractivity contribution >= 4 is 38.0 Å². The molecule has 0 spiro atoms. The number of sulfonamides is 1. The van der Waals surface area contributed by atoms with Crippen LogP contribution in [0.3, 0.4) is 0 Å². The number of nitrogen functional groups attached to an aromatic ring is 1. The molecule has 8 nitrogen and oxygen atoms in total. The van der Waals surface area contributed by atoms with Crippen LogP contribution in [0.2, 0.25) is 0 Å². The van der Waals surface area contributed by atoms with E-state index in [9.17, 15) is 8.42 Å². The largest absolute Gasteiger partial charge is 0.493 e. The number of ether oxygens (including phenoxy) is 2. The van der Waals surface area contributed by atoms with Crippen molar-refractivity contribution in [1.82, 2.24) is 4.98 Å². The average molecular weight is 471 g/mol. The van der Waals surface area contributed by atoms with Crippen molar-refractivity contribution in [3.63, 3.8) is 0 Å². The maximum atomic E-state index is 12.5. The van der Waals surface area contributed by atoms with E-state index < -0.39 is 10.0 Å². The summed E-state index contributed by atoms with van der Waals surface area (Å²) in [4.78, 5) is 6.83. The molecule has 0 aliphatic carbocycles. The molecule has 176 valence electrons. The number of anilines is 3. The lowest BCUT2D eigenvalue weighted by Gasteiger charge is -2.34. The van der Waals surface area contributed by atoms with Gasteiger partial charge in [-0.2, -0.15) is 0 Å². The molecule has 0 amide bonds. The van der Waals surface area contributed by atoms with Crippen LogP contribution >= 0.6 is 0 Å². The summed E-state index contributed by atoms with van der Waals surface area (Å²) >= 11 is 0. The third-order valence-electron chi connectivity index (χ3n) is 6.16. The maximum Gasteiger partial charge on any atom is 0.232 e. The second kappa shape index (κ2) is 9.74. The minimum absolute atomic E-state index is 0.108.